The smallest absolute Gasteiger partial charge is 0.262 e. The quantitative estimate of drug-likeness (QED) is 0.811. The van der Waals surface area contributed by atoms with E-state index in [0.29, 0.717) is 29.3 Å². The fraction of sp³-hybridized carbons (Fsp3) is 0.333. The molecule has 0 atom stereocenters. The molecule has 0 bridgehead atoms. The van der Waals surface area contributed by atoms with Crippen LogP contribution in [0.1, 0.15) is 6.42 Å². The third-order valence-corrected chi connectivity index (χ3v) is 2.91. The summed E-state index contributed by atoms with van der Waals surface area (Å²) < 4.78 is 5.25. The molecule has 1 aliphatic heterocycles. The molecule has 96 valence electrons. The molecule has 0 spiro atoms. The Kier molecular flexibility index (Phi) is 3.76. The highest BCUT2D eigenvalue weighted by Gasteiger charge is 2.18. The number of anilines is 2. The highest BCUT2D eigenvalue weighted by molar-refractivity contribution is 7.80. The Balaban J connectivity index is 2.22. The number of rotatable bonds is 3. The van der Waals surface area contributed by atoms with Gasteiger partial charge in [0.1, 0.15) is 5.75 Å². The van der Waals surface area contributed by atoms with E-state index >= 15 is 0 Å². The number of ether oxygens (including phenoxy) is 1. The molecular weight excluding hydrogens is 252 g/mol. The van der Waals surface area contributed by atoms with E-state index in [1.54, 1.807) is 25.2 Å². The number of fused-ring (bicyclic) bond motifs is 1. The average molecular weight is 266 g/mol. The molecule has 6 heteroatoms. The van der Waals surface area contributed by atoms with Gasteiger partial charge in [-0.05, 0) is 24.0 Å². The van der Waals surface area contributed by atoms with Crippen molar-refractivity contribution >= 4 is 35.8 Å². The number of carbonyl (C=O) groups excluding carboxylic acids is 2. The van der Waals surface area contributed by atoms with E-state index in [9.17, 15) is 9.59 Å². The first-order chi connectivity index (χ1) is 8.61. The number of nitrogens with zero attached hydrogens (tertiary/aromatic N) is 1. The number of thiol groups is 1. The van der Waals surface area contributed by atoms with Crippen molar-refractivity contribution < 1.29 is 14.3 Å². The second-order valence-corrected chi connectivity index (χ2v) is 4.39. The van der Waals surface area contributed by atoms with Crippen LogP contribution >= 0.6 is 12.6 Å². The Labute approximate surface area is 111 Å². The van der Waals surface area contributed by atoms with Crippen molar-refractivity contribution in [1.29, 1.82) is 0 Å². The molecule has 0 saturated carbocycles. The summed E-state index contributed by atoms with van der Waals surface area (Å²) in [5.41, 5.74) is 1.31. The molecule has 1 heterocycles. The van der Waals surface area contributed by atoms with E-state index in [1.807, 2.05) is 0 Å². The van der Waals surface area contributed by atoms with Gasteiger partial charge >= 0.3 is 0 Å². The van der Waals surface area contributed by atoms with Crippen molar-refractivity contribution in [3.63, 3.8) is 0 Å². The molecule has 1 aromatic rings. The zero-order valence-electron chi connectivity index (χ0n) is 9.97. The Morgan fingerprint density at radius 2 is 2.33 bits per heavy atom. The largest absolute Gasteiger partial charge is 0.482 e. The SMILES string of the molecule is CN(C(=O)CCS)c1ccc2c(c1)NC(=O)CO2. The van der Waals surface area contributed by atoms with Gasteiger partial charge in [-0.1, -0.05) is 0 Å². The number of carbonyl (C=O) groups is 2. The average Bonchev–Trinajstić information content (AvgIpc) is 2.37. The van der Waals surface area contributed by atoms with Crippen LogP contribution in [0.25, 0.3) is 0 Å². The van der Waals surface area contributed by atoms with Gasteiger partial charge in [0.15, 0.2) is 6.61 Å². The van der Waals surface area contributed by atoms with Crippen molar-refractivity contribution in [2.75, 3.05) is 29.6 Å². The summed E-state index contributed by atoms with van der Waals surface area (Å²) in [6.45, 7) is 0.0285. The number of hydrogen-bond acceptors (Lipinski definition) is 4. The first-order valence-corrected chi connectivity index (χ1v) is 6.19. The van der Waals surface area contributed by atoms with Gasteiger partial charge in [-0.3, -0.25) is 9.59 Å². The topological polar surface area (TPSA) is 58.6 Å². The zero-order valence-corrected chi connectivity index (χ0v) is 10.9. The lowest BCUT2D eigenvalue weighted by Gasteiger charge is -2.22. The highest BCUT2D eigenvalue weighted by atomic mass is 32.1. The molecule has 5 nitrogen and oxygen atoms in total. The van der Waals surface area contributed by atoms with Crippen molar-refractivity contribution in [3.05, 3.63) is 18.2 Å². The van der Waals surface area contributed by atoms with E-state index in [1.165, 1.54) is 4.90 Å². The summed E-state index contributed by atoms with van der Waals surface area (Å²) in [4.78, 5) is 24.5. The molecule has 1 N–H and O–H groups in total. The van der Waals surface area contributed by atoms with Gasteiger partial charge in [0, 0.05) is 19.2 Å². The number of nitrogens with one attached hydrogen (secondary N) is 1. The second-order valence-electron chi connectivity index (χ2n) is 3.94. The standard InChI is InChI=1S/C12H14N2O3S/c1-14(12(16)4-5-18)8-2-3-10-9(6-8)13-11(15)7-17-10/h2-3,6,18H,4-5,7H2,1H3,(H,13,15). The van der Waals surface area contributed by atoms with Crippen molar-refractivity contribution in [2.45, 2.75) is 6.42 Å². The Morgan fingerprint density at radius 1 is 1.56 bits per heavy atom. The van der Waals surface area contributed by atoms with Crippen LogP contribution in [0.3, 0.4) is 0 Å². The summed E-state index contributed by atoms with van der Waals surface area (Å²) in [6, 6.07) is 5.25. The first-order valence-electron chi connectivity index (χ1n) is 5.56. The number of hydrogen-bond donors (Lipinski definition) is 2. The lowest BCUT2D eigenvalue weighted by Crippen LogP contribution is -2.28. The van der Waals surface area contributed by atoms with E-state index in [4.69, 9.17) is 4.74 Å². The molecule has 0 aliphatic carbocycles. The van der Waals surface area contributed by atoms with Gasteiger partial charge < -0.3 is 15.0 Å². The van der Waals surface area contributed by atoms with Crippen LogP contribution < -0.4 is 15.0 Å². The monoisotopic (exact) mass is 266 g/mol. The van der Waals surface area contributed by atoms with E-state index < -0.39 is 0 Å². The first kappa shape index (κ1) is 12.8. The van der Waals surface area contributed by atoms with Crippen LogP contribution in [0.5, 0.6) is 5.75 Å². The molecule has 2 amide bonds. The highest BCUT2D eigenvalue weighted by Crippen LogP contribution is 2.31. The Hall–Kier alpha value is -1.69. The fourth-order valence-electron chi connectivity index (χ4n) is 1.69. The van der Waals surface area contributed by atoms with Crippen LogP contribution in [0, 0.1) is 0 Å². The van der Waals surface area contributed by atoms with Crippen LogP contribution in [-0.4, -0.2) is 31.2 Å². The molecule has 2 rings (SSSR count). The van der Waals surface area contributed by atoms with Crippen molar-refractivity contribution in [3.8, 4) is 5.75 Å². The van der Waals surface area contributed by atoms with Gasteiger partial charge in [0.25, 0.3) is 5.91 Å². The maximum atomic E-state index is 11.7. The third-order valence-electron chi connectivity index (χ3n) is 2.68. The van der Waals surface area contributed by atoms with E-state index in [2.05, 4.69) is 17.9 Å². The van der Waals surface area contributed by atoms with Gasteiger partial charge in [-0.25, -0.2) is 0 Å². The predicted molar refractivity (Wildman–Crippen MR) is 72.4 cm³/mol. The summed E-state index contributed by atoms with van der Waals surface area (Å²) >= 11 is 4.03. The number of benzene rings is 1. The van der Waals surface area contributed by atoms with Gasteiger partial charge in [0.05, 0.1) is 5.69 Å². The van der Waals surface area contributed by atoms with Crippen LogP contribution in [0.4, 0.5) is 11.4 Å². The molecular formula is C12H14N2O3S. The molecule has 0 radical (unpaired) electrons. The minimum atomic E-state index is -0.191. The molecule has 18 heavy (non-hydrogen) atoms. The van der Waals surface area contributed by atoms with Crippen molar-refractivity contribution in [1.82, 2.24) is 0 Å². The van der Waals surface area contributed by atoms with Gasteiger partial charge in [-0.15, -0.1) is 0 Å². The lowest BCUT2D eigenvalue weighted by molar-refractivity contribution is -0.119. The van der Waals surface area contributed by atoms with Gasteiger partial charge in [-0.2, -0.15) is 12.6 Å². The van der Waals surface area contributed by atoms with Crippen LogP contribution in [-0.2, 0) is 9.59 Å². The van der Waals surface area contributed by atoms with Gasteiger partial charge in [0.2, 0.25) is 5.91 Å². The summed E-state index contributed by atoms with van der Waals surface area (Å²) in [5, 5.41) is 2.71. The fourth-order valence-corrected chi connectivity index (χ4v) is 1.88. The maximum absolute atomic E-state index is 11.7. The summed E-state index contributed by atoms with van der Waals surface area (Å²) in [7, 11) is 1.69. The molecule has 1 aromatic carbocycles. The molecule has 0 fully saturated rings. The summed E-state index contributed by atoms with van der Waals surface area (Å²) in [6.07, 6.45) is 0.375. The number of amides is 2. The minimum Gasteiger partial charge on any atom is -0.482 e. The Bertz CT molecular complexity index is 490. The van der Waals surface area contributed by atoms with E-state index in [-0.39, 0.29) is 18.4 Å². The maximum Gasteiger partial charge on any atom is 0.262 e. The molecule has 1 aliphatic rings. The second kappa shape index (κ2) is 5.30. The summed E-state index contributed by atoms with van der Waals surface area (Å²) in [5.74, 6) is 0.916. The lowest BCUT2D eigenvalue weighted by atomic mass is 10.2. The minimum absolute atomic E-state index is 0.0204. The van der Waals surface area contributed by atoms with Crippen LogP contribution in [0.15, 0.2) is 18.2 Å². The normalized spacial score (nSPS) is 13.3. The van der Waals surface area contributed by atoms with Crippen molar-refractivity contribution in [2.24, 2.45) is 0 Å². The third kappa shape index (κ3) is 2.59. The molecule has 0 saturated heterocycles. The predicted octanol–water partition coefficient (Wildman–Crippen LogP) is 1.30. The Morgan fingerprint density at radius 3 is 3.06 bits per heavy atom. The molecule has 0 unspecified atom stereocenters. The van der Waals surface area contributed by atoms with E-state index in [0.717, 1.165) is 0 Å². The van der Waals surface area contributed by atoms with Crippen LogP contribution in [0.2, 0.25) is 0 Å². The molecule has 0 aromatic heterocycles. The zero-order chi connectivity index (χ0) is 13.1.